The number of guanidine groups is 1. The summed E-state index contributed by atoms with van der Waals surface area (Å²) in [7, 11) is 1.61. The fourth-order valence-electron chi connectivity index (χ4n) is 2.68. The highest BCUT2D eigenvalue weighted by Gasteiger charge is 2.35. The Morgan fingerprint density at radius 3 is 2.80 bits per heavy atom. The molecule has 0 bridgehead atoms. The second-order valence-corrected chi connectivity index (χ2v) is 8.18. The maximum atomic E-state index is 14.3. The van der Waals surface area contributed by atoms with Gasteiger partial charge in [0, 0.05) is 16.6 Å². The molecule has 1 aromatic carbocycles. The first-order valence-corrected chi connectivity index (χ1v) is 9.22. The molecule has 5 N–H and O–H groups in total. The van der Waals surface area contributed by atoms with Crippen molar-refractivity contribution in [3.05, 3.63) is 62.1 Å². The van der Waals surface area contributed by atoms with Crippen LogP contribution < -0.4 is 21.5 Å². The molecule has 132 valence electrons. The van der Waals surface area contributed by atoms with Crippen LogP contribution in [0.1, 0.15) is 16.0 Å². The number of nitrogens with one attached hydrogen (secondary N) is 1. The zero-order chi connectivity index (χ0) is 18.0. The second-order valence-electron chi connectivity index (χ2n) is 5.63. The molecule has 0 saturated carbocycles. The van der Waals surface area contributed by atoms with Crippen LogP contribution in [0.2, 0.25) is 0 Å². The van der Waals surface area contributed by atoms with Gasteiger partial charge in [-0.15, -0.1) is 11.3 Å². The lowest BCUT2D eigenvalue weighted by Gasteiger charge is -2.28. The molecule has 2 aromatic rings. The molecule has 25 heavy (non-hydrogen) atoms. The van der Waals surface area contributed by atoms with Gasteiger partial charge in [-0.3, -0.25) is 5.73 Å². The molecule has 0 radical (unpaired) electrons. The largest absolute Gasteiger partial charge is 0.496 e. The predicted molar refractivity (Wildman–Crippen MR) is 102 cm³/mol. The van der Waals surface area contributed by atoms with E-state index >= 15 is 0 Å². The SMILES string of the molecule is COc1ccc(C2(N)N=C(N)NC=C2F)cc1CCc1ccc(Br)s1. The minimum absolute atomic E-state index is 0.0738. The fourth-order valence-corrected chi connectivity index (χ4v) is 4.16. The molecule has 0 fully saturated rings. The van der Waals surface area contributed by atoms with E-state index in [1.807, 2.05) is 12.1 Å². The Morgan fingerprint density at radius 1 is 1.32 bits per heavy atom. The minimum atomic E-state index is -1.62. The highest BCUT2D eigenvalue weighted by Crippen LogP contribution is 2.34. The average molecular weight is 425 g/mol. The Hall–Kier alpha value is -1.90. The maximum absolute atomic E-state index is 14.3. The molecular formula is C17H18BrFN4OS. The summed E-state index contributed by atoms with van der Waals surface area (Å²) in [5, 5.41) is 2.53. The summed E-state index contributed by atoms with van der Waals surface area (Å²) >= 11 is 5.15. The average Bonchev–Trinajstić information content (AvgIpc) is 3.01. The van der Waals surface area contributed by atoms with E-state index in [4.69, 9.17) is 16.2 Å². The van der Waals surface area contributed by atoms with Gasteiger partial charge in [-0.05, 0) is 58.6 Å². The van der Waals surface area contributed by atoms with Crippen molar-refractivity contribution in [1.82, 2.24) is 5.32 Å². The zero-order valence-corrected chi connectivity index (χ0v) is 16.0. The first-order chi connectivity index (χ1) is 11.9. The fraction of sp³-hybridized carbons (Fsp3) is 0.235. The molecule has 0 saturated heterocycles. The van der Waals surface area contributed by atoms with E-state index in [1.54, 1.807) is 30.6 Å². The van der Waals surface area contributed by atoms with Gasteiger partial charge in [0.2, 0.25) is 0 Å². The number of nitrogens with zero attached hydrogens (tertiary/aromatic N) is 1. The molecule has 2 heterocycles. The summed E-state index contributed by atoms with van der Waals surface area (Å²) in [6.45, 7) is 0. The highest BCUT2D eigenvalue weighted by molar-refractivity contribution is 9.11. The molecule has 0 aliphatic carbocycles. The van der Waals surface area contributed by atoms with E-state index in [0.717, 1.165) is 34.1 Å². The van der Waals surface area contributed by atoms with Crippen molar-refractivity contribution < 1.29 is 9.13 Å². The normalized spacial score (nSPS) is 19.8. The van der Waals surface area contributed by atoms with E-state index < -0.39 is 11.5 Å². The van der Waals surface area contributed by atoms with E-state index in [2.05, 4.69) is 32.3 Å². The van der Waals surface area contributed by atoms with Gasteiger partial charge in [0.05, 0.1) is 10.9 Å². The van der Waals surface area contributed by atoms with Crippen LogP contribution >= 0.6 is 27.3 Å². The monoisotopic (exact) mass is 424 g/mol. The maximum Gasteiger partial charge on any atom is 0.195 e. The second kappa shape index (κ2) is 7.15. The van der Waals surface area contributed by atoms with Gasteiger partial charge in [-0.25, -0.2) is 9.38 Å². The standard InChI is InChI=1S/C17H18BrFN4OS/c1-24-13-6-3-11(17(21)14(19)9-22-16(20)23-17)8-10(13)2-4-12-5-7-15(18)25-12/h3,5-9H,2,4,21H2,1H3,(H3,20,22,23). The Balaban J connectivity index is 1.92. The summed E-state index contributed by atoms with van der Waals surface area (Å²) < 4.78 is 20.9. The topological polar surface area (TPSA) is 85.7 Å². The molecule has 3 rings (SSSR count). The molecular weight excluding hydrogens is 407 g/mol. The molecule has 1 unspecified atom stereocenters. The summed E-state index contributed by atoms with van der Waals surface area (Å²) in [5.41, 5.74) is 11.7. The summed E-state index contributed by atoms with van der Waals surface area (Å²) in [4.78, 5) is 5.30. The Labute approximate surface area is 157 Å². The number of hydrogen-bond acceptors (Lipinski definition) is 6. The summed E-state index contributed by atoms with van der Waals surface area (Å²) in [5.74, 6) is 0.211. The third-order valence-corrected chi connectivity index (χ3v) is 5.68. The summed E-state index contributed by atoms with van der Waals surface area (Å²) in [6.07, 6.45) is 2.72. The van der Waals surface area contributed by atoms with Crippen molar-refractivity contribution in [1.29, 1.82) is 0 Å². The number of methoxy groups -OCH3 is 1. The lowest BCUT2D eigenvalue weighted by Crippen LogP contribution is -2.44. The van der Waals surface area contributed by atoms with E-state index in [0.29, 0.717) is 5.56 Å². The molecule has 0 amide bonds. The molecule has 1 atom stereocenters. The van der Waals surface area contributed by atoms with Crippen molar-refractivity contribution in [2.24, 2.45) is 16.5 Å². The lowest BCUT2D eigenvalue weighted by atomic mass is 9.95. The molecule has 1 aliphatic heterocycles. The number of aliphatic imine (C=N–C) groups is 1. The third-order valence-electron chi connectivity index (χ3n) is 4.00. The van der Waals surface area contributed by atoms with Crippen molar-refractivity contribution >= 4 is 33.2 Å². The van der Waals surface area contributed by atoms with Crippen LogP contribution in [0.15, 0.2) is 51.1 Å². The zero-order valence-electron chi connectivity index (χ0n) is 13.6. The van der Waals surface area contributed by atoms with Crippen LogP contribution in [0, 0.1) is 0 Å². The number of halogens is 2. The molecule has 5 nitrogen and oxygen atoms in total. The van der Waals surface area contributed by atoms with Crippen molar-refractivity contribution in [3.8, 4) is 5.75 Å². The third kappa shape index (κ3) is 3.70. The molecule has 0 spiro atoms. The van der Waals surface area contributed by atoms with Crippen molar-refractivity contribution in [3.63, 3.8) is 0 Å². The van der Waals surface area contributed by atoms with Crippen LogP contribution in [-0.2, 0) is 18.5 Å². The van der Waals surface area contributed by atoms with Gasteiger partial charge in [0.15, 0.2) is 17.4 Å². The van der Waals surface area contributed by atoms with Crippen molar-refractivity contribution in [2.75, 3.05) is 7.11 Å². The number of thiophene rings is 1. The van der Waals surface area contributed by atoms with Gasteiger partial charge in [0.1, 0.15) is 5.75 Å². The van der Waals surface area contributed by atoms with Gasteiger partial charge < -0.3 is 15.8 Å². The number of benzene rings is 1. The number of aryl methyl sites for hydroxylation is 2. The molecule has 8 heteroatoms. The highest BCUT2D eigenvalue weighted by atomic mass is 79.9. The van der Waals surface area contributed by atoms with Gasteiger partial charge >= 0.3 is 0 Å². The lowest BCUT2D eigenvalue weighted by molar-refractivity contribution is 0.401. The predicted octanol–water partition coefficient (Wildman–Crippen LogP) is 3.14. The van der Waals surface area contributed by atoms with E-state index in [9.17, 15) is 4.39 Å². The Kier molecular flexibility index (Phi) is 5.12. The number of rotatable bonds is 5. The minimum Gasteiger partial charge on any atom is -0.496 e. The number of ether oxygens (including phenoxy) is 1. The van der Waals surface area contributed by atoms with Crippen LogP contribution in [0.5, 0.6) is 5.75 Å². The van der Waals surface area contributed by atoms with E-state index in [1.165, 1.54) is 4.88 Å². The Morgan fingerprint density at radius 2 is 2.12 bits per heavy atom. The summed E-state index contributed by atoms with van der Waals surface area (Å²) in [6, 6.07) is 9.42. The van der Waals surface area contributed by atoms with Crippen LogP contribution in [0.25, 0.3) is 0 Å². The first-order valence-electron chi connectivity index (χ1n) is 7.61. The van der Waals surface area contributed by atoms with E-state index in [-0.39, 0.29) is 5.96 Å². The number of hydrogen-bond donors (Lipinski definition) is 3. The van der Waals surface area contributed by atoms with Crippen molar-refractivity contribution in [2.45, 2.75) is 18.5 Å². The molecule has 1 aromatic heterocycles. The quantitative estimate of drug-likeness (QED) is 0.687. The van der Waals surface area contributed by atoms with Crippen LogP contribution in [0.4, 0.5) is 4.39 Å². The van der Waals surface area contributed by atoms with Gasteiger partial charge in [0.25, 0.3) is 0 Å². The van der Waals surface area contributed by atoms with Crippen LogP contribution in [-0.4, -0.2) is 13.1 Å². The smallest absolute Gasteiger partial charge is 0.195 e. The molecule has 1 aliphatic rings. The number of nitrogens with two attached hydrogens (primary N) is 2. The Bertz CT molecular complexity index is 851. The van der Waals surface area contributed by atoms with Gasteiger partial charge in [-0.1, -0.05) is 6.07 Å². The first kappa shape index (κ1) is 17.9. The van der Waals surface area contributed by atoms with Crippen LogP contribution in [0.3, 0.4) is 0 Å². The van der Waals surface area contributed by atoms with Gasteiger partial charge in [-0.2, -0.15) is 0 Å².